The Labute approximate surface area is 110 Å². The number of thiazole rings is 1. The summed E-state index contributed by atoms with van der Waals surface area (Å²) in [4.78, 5) is 3.81. The summed E-state index contributed by atoms with van der Waals surface area (Å²) in [7, 11) is 0. The largest absolute Gasteiger partial charge is 0.443 e. The van der Waals surface area contributed by atoms with Gasteiger partial charge in [0.25, 0.3) is 0 Å². The Bertz CT molecular complexity index is 566. The number of nitrogens with two attached hydrogens (primary N) is 1. The fourth-order valence-corrected chi connectivity index (χ4v) is 2.40. The summed E-state index contributed by atoms with van der Waals surface area (Å²) in [6.45, 7) is 0.234. The van der Waals surface area contributed by atoms with Gasteiger partial charge in [-0.2, -0.15) is 13.2 Å². The minimum atomic E-state index is -4.41. The Balaban J connectivity index is 2.40. The third kappa shape index (κ3) is 2.66. The SMILES string of the molecule is NCc1cc(-c2cnc(C(F)(F)F)s2)ccc1Cl. The minimum Gasteiger partial charge on any atom is -0.326 e. The van der Waals surface area contributed by atoms with Gasteiger partial charge >= 0.3 is 6.18 Å². The zero-order chi connectivity index (χ0) is 13.3. The van der Waals surface area contributed by atoms with E-state index in [2.05, 4.69) is 4.98 Å². The van der Waals surface area contributed by atoms with Crippen LogP contribution in [-0.4, -0.2) is 4.98 Å². The van der Waals surface area contributed by atoms with E-state index in [1.54, 1.807) is 18.2 Å². The van der Waals surface area contributed by atoms with Crippen LogP contribution >= 0.6 is 22.9 Å². The molecule has 1 heterocycles. The second kappa shape index (κ2) is 4.87. The van der Waals surface area contributed by atoms with Crippen molar-refractivity contribution < 1.29 is 13.2 Å². The average molecular weight is 293 g/mol. The standard InChI is InChI=1S/C11H8ClF3N2S/c12-8-2-1-6(3-7(8)4-16)9-5-17-10(18-9)11(13,14)15/h1-3,5H,4,16H2. The molecule has 0 amide bonds. The van der Waals surface area contributed by atoms with E-state index >= 15 is 0 Å². The van der Waals surface area contributed by atoms with Crippen molar-refractivity contribution in [2.45, 2.75) is 12.7 Å². The van der Waals surface area contributed by atoms with E-state index in [0.717, 1.165) is 0 Å². The predicted molar refractivity (Wildman–Crippen MR) is 65.5 cm³/mol. The van der Waals surface area contributed by atoms with Crippen LogP contribution in [0.4, 0.5) is 13.2 Å². The maximum absolute atomic E-state index is 12.4. The molecule has 0 aliphatic carbocycles. The number of nitrogens with zero attached hydrogens (tertiary/aromatic N) is 1. The molecule has 0 bridgehead atoms. The van der Waals surface area contributed by atoms with Crippen molar-refractivity contribution in [3.63, 3.8) is 0 Å². The molecule has 0 spiro atoms. The number of aromatic nitrogens is 1. The van der Waals surface area contributed by atoms with Crippen molar-refractivity contribution in [3.05, 3.63) is 40.0 Å². The second-order valence-corrected chi connectivity index (χ2v) is 4.98. The Morgan fingerprint density at radius 2 is 2.06 bits per heavy atom. The molecule has 0 aliphatic rings. The molecule has 2 aromatic rings. The quantitative estimate of drug-likeness (QED) is 0.910. The lowest BCUT2D eigenvalue weighted by molar-refractivity contribution is -0.137. The van der Waals surface area contributed by atoms with Crippen LogP contribution in [0.1, 0.15) is 10.6 Å². The molecule has 96 valence electrons. The van der Waals surface area contributed by atoms with Crippen LogP contribution in [0.3, 0.4) is 0 Å². The molecule has 0 fully saturated rings. The van der Waals surface area contributed by atoms with Crippen LogP contribution < -0.4 is 5.73 Å². The van der Waals surface area contributed by atoms with Crippen LogP contribution in [-0.2, 0) is 12.7 Å². The first-order chi connectivity index (χ1) is 8.41. The van der Waals surface area contributed by atoms with E-state index in [4.69, 9.17) is 17.3 Å². The molecule has 1 aromatic carbocycles. The molecule has 0 aliphatic heterocycles. The highest BCUT2D eigenvalue weighted by Gasteiger charge is 2.34. The first-order valence-corrected chi connectivity index (χ1v) is 6.13. The number of hydrogen-bond acceptors (Lipinski definition) is 3. The zero-order valence-corrected chi connectivity index (χ0v) is 10.5. The van der Waals surface area contributed by atoms with E-state index in [9.17, 15) is 13.2 Å². The van der Waals surface area contributed by atoms with Gasteiger partial charge in [-0.3, -0.25) is 0 Å². The van der Waals surface area contributed by atoms with Crippen LogP contribution in [0.25, 0.3) is 10.4 Å². The molecule has 0 radical (unpaired) electrons. The monoisotopic (exact) mass is 292 g/mol. The summed E-state index contributed by atoms with van der Waals surface area (Å²) in [5.41, 5.74) is 6.82. The first-order valence-electron chi connectivity index (χ1n) is 4.93. The molecular formula is C11H8ClF3N2S. The Morgan fingerprint density at radius 3 is 2.61 bits per heavy atom. The van der Waals surface area contributed by atoms with Gasteiger partial charge in [-0.1, -0.05) is 17.7 Å². The first kappa shape index (κ1) is 13.3. The summed E-state index contributed by atoms with van der Waals surface area (Å²) in [6, 6.07) is 4.94. The summed E-state index contributed by atoms with van der Waals surface area (Å²) in [6.07, 6.45) is -3.21. The third-order valence-corrected chi connectivity index (χ3v) is 3.76. The molecule has 0 saturated heterocycles. The lowest BCUT2D eigenvalue weighted by atomic mass is 10.1. The van der Waals surface area contributed by atoms with Gasteiger partial charge in [-0.15, -0.1) is 11.3 Å². The van der Waals surface area contributed by atoms with Gasteiger partial charge in [0, 0.05) is 17.8 Å². The van der Waals surface area contributed by atoms with Crippen molar-refractivity contribution in [2.75, 3.05) is 0 Å². The zero-order valence-electron chi connectivity index (χ0n) is 8.96. The molecule has 2 N–H and O–H groups in total. The molecule has 1 aromatic heterocycles. The molecule has 18 heavy (non-hydrogen) atoms. The fraction of sp³-hybridized carbons (Fsp3) is 0.182. The van der Waals surface area contributed by atoms with Crippen LogP contribution in [0.15, 0.2) is 24.4 Å². The molecule has 0 saturated carbocycles. The topological polar surface area (TPSA) is 38.9 Å². The second-order valence-electron chi connectivity index (χ2n) is 3.54. The summed E-state index contributed by atoms with van der Waals surface area (Å²) in [5.74, 6) is 0. The van der Waals surface area contributed by atoms with E-state index < -0.39 is 11.2 Å². The minimum absolute atomic E-state index is 0.234. The molecule has 0 unspecified atom stereocenters. The van der Waals surface area contributed by atoms with Crippen molar-refractivity contribution in [2.24, 2.45) is 5.73 Å². The van der Waals surface area contributed by atoms with Gasteiger partial charge in [0.1, 0.15) is 0 Å². The molecular weight excluding hydrogens is 285 g/mol. The lowest BCUT2D eigenvalue weighted by Gasteiger charge is -2.03. The molecule has 2 nitrogen and oxygen atoms in total. The van der Waals surface area contributed by atoms with Crippen molar-refractivity contribution in [3.8, 4) is 10.4 Å². The highest BCUT2D eigenvalue weighted by atomic mass is 35.5. The van der Waals surface area contributed by atoms with Gasteiger partial charge < -0.3 is 5.73 Å². The van der Waals surface area contributed by atoms with Crippen LogP contribution in [0.2, 0.25) is 5.02 Å². The lowest BCUT2D eigenvalue weighted by Crippen LogP contribution is -2.02. The van der Waals surface area contributed by atoms with Crippen molar-refractivity contribution in [1.29, 1.82) is 0 Å². The van der Waals surface area contributed by atoms with Crippen LogP contribution in [0, 0.1) is 0 Å². The summed E-state index contributed by atoms with van der Waals surface area (Å²) >= 11 is 6.49. The highest BCUT2D eigenvalue weighted by molar-refractivity contribution is 7.15. The van der Waals surface area contributed by atoms with Crippen LogP contribution in [0.5, 0.6) is 0 Å². The number of benzene rings is 1. The van der Waals surface area contributed by atoms with Gasteiger partial charge in [-0.05, 0) is 23.3 Å². The number of rotatable bonds is 2. The Morgan fingerprint density at radius 1 is 1.33 bits per heavy atom. The normalized spacial score (nSPS) is 11.8. The molecule has 7 heteroatoms. The summed E-state index contributed by atoms with van der Waals surface area (Å²) in [5, 5.41) is -0.358. The highest BCUT2D eigenvalue weighted by Crippen LogP contribution is 2.36. The average Bonchev–Trinajstić information content (AvgIpc) is 2.78. The third-order valence-electron chi connectivity index (χ3n) is 2.30. The number of alkyl halides is 3. The number of halogens is 4. The number of hydrogen-bond donors (Lipinski definition) is 1. The summed E-state index contributed by atoms with van der Waals surface area (Å²) < 4.78 is 37.3. The maximum Gasteiger partial charge on any atom is 0.443 e. The van der Waals surface area contributed by atoms with E-state index in [0.29, 0.717) is 32.4 Å². The predicted octanol–water partition coefficient (Wildman–Crippen LogP) is 3.94. The molecule has 0 atom stereocenters. The smallest absolute Gasteiger partial charge is 0.326 e. The van der Waals surface area contributed by atoms with Crippen molar-refractivity contribution in [1.82, 2.24) is 4.98 Å². The van der Waals surface area contributed by atoms with Crippen molar-refractivity contribution >= 4 is 22.9 Å². The van der Waals surface area contributed by atoms with Gasteiger partial charge in [-0.25, -0.2) is 4.98 Å². The molecule has 2 rings (SSSR count). The van der Waals surface area contributed by atoms with Gasteiger partial charge in [0.2, 0.25) is 0 Å². The Hall–Kier alpha value is -1.11. The van der Waals surface area contributed by atoms with E-state index in [1.807, 2.05) is 0 Å². The van der Waals surface area contributed by atoms with Gasteiger partial charge in [0.15, 0.2) is 5.01 Å². The maximum atomic E-state index is 12.4. The Kier molecular flexibility index (Phi) is 3.61. The van der Waals surface area contributed by atoms with Gasteiger partial charge in [0.05, 0.1) is 4.88 Å². The fourth-order valence-electron chi connectivity index (χ4n) is 1.42. The van der Waals surface area contributed by atoms with E-state index in [-0.39, 0.29) is 6.54 Å². The van der Waals surface area contributed by atoms with E-state index in [1.165, 1.54) is 6.20 Å².